The number of thioether (sulfide) groups is 1. The molecule has 0 unspecified atom stereocenters. The van der Waals surface area contributed by atoms with Gasteiger partial charge in [-0.25, -0.2) is 4.90 Å². The molecule has 0 aliphatic carbocycles. The average Bonchev–Trinajstić information content (AvgIpc) is 2.97. The van der Waals surface area contributed by atoms with E-state index in [0.717, 1.165) is 26.6 Å². The second-order valence-electron chi connectivity index (χ2n) is 7.11. The van der Waals surface area contributed by atoms with Gasteiger partial charge >= 0.3 is 0 Å². The van der Waals surface area contributed by atoms with E-state index in [1.165, 1.54) is 11.8 Å². The van der Waals surface area contributed by atoms with E-state index < -0.39 is 11.8 Å². The summed E-state index contributed by atoms with van der Waals surface area (Å²) in [5.41, 5.74) is 3.68. The van der Waals surface area contributed by atoms with Gasteiger partial charge in [-0.05, 0) is 85.6 Å². The van der Waals surface area contributed by atoms with Gasteiger partial charge in [0.15, 0.2) is 0 Å². The van der Waals surface area contributed by atoms with Crippen molar-refractivity contribution in [3.63, 3.8) is 0 Å². The van der Waals surface area contributed by atoms with Crippen LogP contribution in [-0.2, 0) is 9.59 Å². The first kappa shape index (κ1) is 21.5. The molecule has 0 saturated carbocycles. The summed E-state index contributed by atoms with van der Waals surface area (Å²) < 4.78 is 0. The maximum atomic E-state index is 13.3. The number of hydrogen-bond acceptors (Lipinski definition) is 4. The molecule has 0 fully saturated rings. The zero-order chi connectivity index (χ0) is 22.1. The van der Waals surface area contributed by atoms with E-state index in [4.69, 9.17) is 23.2 Å². The van der Waals surface area contributed by atoms with Gasteiger partial charge in [0.05, 0.1) is 5.69 Å². The molecule has 0 atom stereocenters. The Morgan fingerprint density at radius 2 is 1.39 bits per heavy atom. The van der Waals surface area contributed by atoms with E-state index in [0.29, 0.717) is 20.6 Å². The topological polar surface area (TPSA) is 49.4 Å². The Balaban J connectivity index is 1.74. The van der Waals surface area contributed by atoms with Crippen LogP contribution in [0.4, 0.5) is 11.4 Å². The Bertz CT molecular complexity index is 1210. The van der Waals surface area contributed by atoms with Crippen molar-refractivity contribution >= 4 is 58.2 Å². The number of anilines is 2. The minimum atomic E-state index is -0.415. The van der Waals surface area contributed by atoms with Gasteiger partial charge in [0.25, 0.3) is 11.8 Å². The Hall–Kier alpha value is -2.73. The summed E-state index contributed by atoms with van der Waals surface area (Å²) in [6.07, 6.45) is 0. The van der Waals surface area contributed by atoms with Crippen LogP contribution in [0.5, 0.6) is 0 Å². The molecule has 0 bridgehead atoms. The van der Waals surface area contributed by atoms with Gasteiger partial charge in [-0.2, -0.15) is 0 Å². The van der Waals surface area contributed by atoms with Crippen molar-refractivity contribution in [3.8, 4) is 0 Å². The molecule has 0 aromatic heterocycles. The largest absolute Gasteiger partial charge is 0.350 e. The van der Waals surface area contributed by atoms with Crippen LogP contribution in [0.3, 0.4) is 0 Å². The average molecular weight is 469 g/mol. The third kappa shape index (κ3) is 4.49. The zero-order valence-electron chi connectivity index (χ0n) is 16.8. The minimum Gasteiger partial charge on any atom is -0.350 e. The summed E-state index contributed by atoms with van der Waals surface area (Å²) in [6.45, 7) is 4.02. The van der Waals surface area contributed by atoms with E-state index in [1.807, 2.05) is 44.2 Å². The van der Waals surface area contributed by atoms with E-state index >= 15 is 0 Å². The number of carbonyl (C=O) groups is 2. The number of aryl methyl sites for hydroxylation is 2. The lowest BCUT2D eigenvalue weighted by molar-refractivity contribution is -0.120. The molecule has 7 heteroatoms. The number of rotatable bonds is 5. The molecular formula is C24H18Cl2N2O2S. The van der Waals surface area contributed by atoms with Crippen LogP contribution in [0.25, 0.3) is 0 Å². The van der Waals surface area contributed by atoms with Crippen molar-refractivity contribution < 1.29 is 9.59 Å². The number of carbonyl (C=O) groups excluding carboxylic acids is 2. The van der Waals surface area contributed by atoms with Crippen molar-refractivity contribution in [3.05, 3.63) is 98.5 Å². The summed E-state index contributed by atoms with van der Waals surface area (Å²) >= 11 is 13.2. The highest BCUT2D eigenvalue weighted by molar-refractivity contribution is 8.04. The molecule has 2 amide bonds. The van der Waals surface area contributed by atoms with Crippen LogP contribution >= 0.6 is 35.0 Å². The number of amides is 2. The van der Waals surface area contributed by atoms with Gasteiger partial charge in [0, 0.05) is 20.6 Å². The predicted molar refractivity (Wildman–Crippen MR) is 128 cm³/mol. The number of nitrogens with zero attached hydrogens (tertiary/aromatic N) is 1. The van der Waals surface area contributed by atoms with Crippen LogP contribution in [-0.4, -0.2) is 11.8 Å². The Labute approximate surface area is 194 Å². The molecule has 3 aromatic carbocycles. The van der Waals surface area contributed by atoms with Crippen LogP contribution in [0, 0.1) is 13.8 Å². The summed E-state index contributed by atoms with van der Waals surface area (Å²) in [5.74, 6) is -0.805. The molecule has 156 valence electrons. The number of imide groups is 1. The van der Waals surface area contributed by atoms with Gasteiger partial charge in [-0.3, -0.25) is 9.59 Å². The van der Waals surface area contributed by atoms with Gasteiger partial charge in [0.2, 0.25) is 0 Å². The predicted octanol–water partition coefficient (Wildman–Crippen LogP) is 6.60. The number of hydrogen-bond donors (Lipinski definition) is 1. The first-order valence-corrected chi connectivity index (χ1v) is 11.1. The van der Waals surface area contributed by atoms with Crippen molar-refractivity contribution in [1.82, 2.24) is 0 Å². The fraction of sp³-hybridized carbons (Fsp3) is 0.0833. The monoisotopic (exact) mass is 468 g/mol. The van der Waals surface area contributed by atoms with E-state index in [2.05, 4.69) is 5.32 Å². The third-order valence-electron chi connectivity index (χ3n) is 4.94. The van der Waals surface area contributed by atoms with Gasteiger partial charge < -0.3 is 5.32 Å². The fourth-order valence-corrected chi connectivity index (χ4v) is 4.30. The molecule has 31 heavy (non-hydrogen) atoms. The molecule has 0 radical (unpaired) electrons. The van der Waals surface area contributed by atoms with E-state index in [9.17, 15) is 9.59 Å². The Kier molecular flexibility index (Phi) is 6.10. The first-order valence-electron chi connectivity index (χ1n) is 9.50. The lowest BCUT2D eigenvalue weighted by atomic mass is 10.1. The maximum absolute atomic E-state index is 13.3. The molecule has 3 aromatic rings. The zero-order valence-corrected chi connectivity index (χ0v) is 19.1. The van der Waals surface area contributed by atoms with Gasteiger partial charge in [-0.15, -0.1) is 0 Å². The lowest BCUT2D eigenvalue weighted by Crippen LogP contribution is -2.32. The molecule has 1 N–H and O–H groups in total. The number of benzene rings is 3. The minimum absolute atomic E-state index is 0.239. The molecule has 0 spiro atoms. The summed E-state index contributed by atoms with van der Waals surface area (Å²) in [4.78, 5) is 28.9. The van der Waals surface area contributed by atoms with Crippen LogP contribution < -0.4 is 10.2 Å². The van der Waals surface area contributed by atoms with Crippen LogP contribution in [0.15, 0.2) is 82.2 Å². The van der Waals surface area contributed by atoms with E-state index in [1.54, 1.807) is 36.4 Å². The van der Waals surface area contributed by atoms with Crippen molar-refractivity contribution in [1.29, 1.82) is 0 Å². The molecular weight excluding hydrogens is 451 g/mol. The fourth-order valence-electron chi connectivity index (χ4n) is 3.12. The lowest BCUT2D eigenvalue weighted by Gasteiger charge is -2.15. The van der Waals surface area contributed by atoms with Gasteiger partial charge in [0.1, 0.15) is 10.6 Å². The molecule has 4 nitrogen and oxygen atoms in total. The summed E-state index contributed by atoms with van der Waals surface area (Å²) in [5, 5.41) is 4.30. The quantitative estimate of drug-likeness (QED) is 0.428. The number of nitrogens with one attached hydrogen (secondary N) is 1. The molecule has 0 saturated heterocycles. The molecule has 4 rings (SSSR count). The normalized spacial score (nSPS) is 13.9. The van der Waals surface area contributed by atoms with Crippen LogP contribution in [0.2, 0.25) is 10.0 Å². The van der Waals surface area contributed by atoms with Crippen molar-refractivity contribution in [2.45, 2.75) is 18.7 Å². The Morgan fingerprint density at radius 1 is 0.774 bits per heavy atom. The second kappa shape index (κ2) is 8.79. The van der Waals surface area contributed by atoms with Crippen molar-refractivity contribution in [2.24, 2.45) is 0 Å². The molecule has 1 aliphatic rings. The highest BCUT2D eigenvalue weighted by atomic mass is 35.5. The maximum Gasteiger partial charge on any atom is 0.283 e. The second-order valence-corrected chi connectivity index (χ2v) is 9.06. The van der Waals surface area contributed by atoms with Gasteiger partial charge in [-0.1, -0.05) is 41.0 Å². The third-order valence-corrected chi connectivity index (χ3v) is 6.53. The molecule has 1 heterocycles. The van der Waals surface area contributed by atoms with Crippen molar-refractivity contribution in [2.75, 3.05) is 10.2 Å². The smallest absolute Gasteiger partial charge is 0.283 e. The standard InChI is InChI=1S/C24H18Cl2N2O2S/c1-14-3-8-18(13-15(14)2)27-21-22(31-20-11-6-17(26)7-12-20)24(30)28(23(21)29)19-9-4-16(25)5-10-19/h3-13,27H,1-2H3. The highest BCUT2D eigenvalue weighted by Crippen LogP contribution is 2.38. The Morgan fingerprint density at radius 3 is 2.00 bits per heavy atom. The van der Waals surface area contributed by atoms with Crippen LogP contribution in [0.1, 0.15) is 11.1 Å². The number of halogens is 2. The first-order chi connectivity index (χ1) is 14.8. The summed E-state index contributed by atoms with van der Waals surface area (Å²) in [6, 6.07) is 19.6. The van der Waals surface area contributed by atoms with E-state index in [-0.39, 0.29) is 5.70 Å². The highest BCUT2D eigenvalue weighted by Gasteiger charge is 2.40. The summed E-state index contributed by atoms with van der Waals surface area (Å²) in [7, 11) is 0. The molecule has 1 aliphatic heterocycles. The SMILES string of the molecule is Cc1ccc(NC2=C(Sc3ccc(Cl)cc3)C(=O)N(c3ccc(Cl)cc3)C2=O)cc1C.